The molecular weight excluding hydrogens is 406 g/mol. The molecule has 0 radical (unpaired) electrons. The van der Waals surface area contributed by atoms with Crippen molar-refractivity contribution in [2.75, 3.05) is 12.9 Å². The van der Waals surface area contributed by atoms with Crippen molar-refractivity contribution in [1.82, 2.24) is 10.2 Å². The molecular formula is C19H16F2N2O5S. The second-order valence-electron chi connectivity index (χ2n) is 5.87. The average Bonchev–Trinajstić information content (AvgIpc) is 3.18. The molecule has 2 aromatic carbocycles. The van der Waals surface area contributed by atoms with E-state index in [0.717, 1.165) is 0 Å². The Kier molecular flexibility index (Phi) is 5.92. The summed E-state index contributed by atoms with van der Waals surface area (Å²) in [6, 6.07) is 13.4. The van der Waals surface area contributed by atoms with Gasteiger partial charge in [0.15, 0.2) is 10.8 Å². The number of halogens is 2. The fraction of sp³-hybridized carbons (Fsp3) is 0.158. The first-order valence-corrected chi connectivity index (χ1v) is 9.95. The van der Waals surface area contributed by atoms with Crippen LogP contribution in [-0.2, 0) is 9.84 Å². The van der Waals surface area contributed by atoms with Gasteiger partial charge in [-0.15, -0.1) is 0 Å². The fourth-order valence-corrected chi connectivity index (χ4v) is 3.81. The highest BCUT2D eigenvalue weighted by Gasteiger charge is 2.25. The molecule has 0 atom stereocenters. The smallest absolute Gasteiger partial charge is 0.387 e. The number of benzene rings is 2. The molecule has 0 fully saturated rings. The standard InChI is InChI=1S/C19H16F2N2O5S/c1-27-16-8-4-2-6-12(16)14-10-18(23-22-14)29(25,26)11-15(24)13-7-3-5-9-17(13)28-19(20)21/h2-10,19H,11H2,1H3,(H,22,23). The number of aromatic amines is 1. The molecule has 0 saturated heterocycles. The van der Waals surface area contributed by atoms with Crippen LogP contribution in [0.4, 0.5) is 8.78 Å². The van der Waals surface area contributed by atoms with E-state index in [0.29, 0.717) is 17.0 Å². The number of sulfone groups is 1. The second kappa shape index (κ2) is 8.39. The summed E-state index contributed by atoms with van der Waals surface area (Å²) >= 11 is 0. The van der Waals surface area contributed by atoms with Gasteiger partial charge in [0.1, 0.15) is 17.3 Å². The zero-order valence-electron chi connectivity index (χ0n) is 15.1. The number of carbonyl (C=O) groups excluding carboxylic acids is 1. The van der Waals surface area contributed by atoms with E-state index in [2.05, 4.69) is 14.9 Å². The Balaban J connectivity index is 1.86. The van der Waals surface area contributed by atoms with Crippen LogP contribution in [0.1, 0.15) is 10.4 Å². The number of ketones is 1. The lowest BCUT2D eigenvalue weighted by molar-refractivity contribution is -0.0501. The minimum atomic E-state index is -4.11. The molecule has 1 aromatic heterocycles. The van der Waals surface area contributed by atoms with Gasteiger partial charge in [-0.3, -0.25) is 9.89 Å². The molecule has 29 heavy (non-hydrogen) atoms. The van der Waals surface area contributed by atoms with Crippen molar-refractivity contribution in [2.45, 2.75) is 11.6 Å². The maximum atomic E-state index is 12.6. The predicted octanol–water partition coefficient (Wildman–Crippen LogP) is 3.34. The molecule has 0 bridgehead atoms. The van der Waals surface area contributed by atoms with E-state index < -0.39 is 28.0 Å². The summed E-state index contributed by atoms with van der Waals surface area (Å²) in [5, 5.41) is 6.10. The quantitative estimate of drug-likeness (QED) is 0.559. The van der Waals surface area contributed by atoms with Crippen LogP contribution >= 0.6 is 0 Å². The normalized spacial score (nSPS) is 11.4. The number of aromatic nitrogens is 2. The predicted molar refractivity (Wildman–Crippen MR) is 100 cm³/mol. The van der Waals surface area contributed by atoms with Crippen molar-refractivity contribution in [3.8, 4) is 22.8 Å². The van der Waals surface area contributed by atoms with Crippen LogP contribution in [0.25, 0.3) is 11.3 Å². The molecule has 3 rings (SSSR count). The van der Waals surface area contributed by atoms with Gasteiger partial charge in [0, 0.05) is 11.6 Å². The fourth-order valence-electron chi connectivity index (χ4n) is 2.68. The molecule has 1 N–H and O–H groups in total. The van der Waals surface area contributed by atoms with Gasteiger partial charge in [0.05, 0.1) is 18.4 Å². The minimum Gasteiger partial charge on any atom is -0.496 e. The van der Waals surface area contributed by atoms with Crippen LogP contribution in [0, 0.1) is 0 Å². The van der Waals surface area contributed by atoms with E-state index >= 15 is 0 Å². The van der Waals surface area contributed by atoms with Gasteiger partial charge in [-0.1, -0.05) is 24.3 Å². The van der Waals surface area contributed by atoms with Gasteiger partial charge in [-0.05, 0) is 24.3 Å². The van der Waals surface area contributed by atoms with Crippen LogP contribution in [0.3, 0.4) is 0 Å². The van der Waals surface area contributed by atoms with E-state index in [1.165, 1.54) is 37.4 Å². The van der Waals surface area contributed by atoms with Gasteiger partial charge in [-0.2, -0.15) is 13.9 Å². The molecule has 0 saturated carbocycles. The summed E-state index contributed by atoms with van der Waals surface area (Å²) in [4.78, 5) is 12.5. The van der Waals surface area contributed by atoms with E-state index in [1.807, 2.05) is 0 Å². The van der Waals surface area contributed by atoms with Crippen molar-refractivity contribution in [3.05, 3.63) is 60.2 Å². The van der Waals surface area contributed by atoms with Gasteiger partial charge >= 0.3 is 6.61 Å². The van der Waals surface area contributed by atoms with Gasteiger partial charge in [0.25, 0.3) is 0 Å². The Bertz CT molecular complexity index is 1130. The highest BCUT2D eigenvalue weighted by Crippen LogP contribution is 2.29. The lowest BCUT2D eigenvalue weighted by atomic mass is 10.1. The molecule has 10 heteroatoms. The summed E-state index contributed by atoms with van der Waals surface area (Å²) in [5.41, 5.74) is 0.630. The van der Waals surface area contributed by atoms with Gasteiger partial charge in [-0.25, -0.2) is 8.42 Å². The monoisotopic (exact) mass is 422 g/mol. The largest absolute Gasteiger partial charge is 0.496 e. The third-order valence-electron chi connectivity index (χ3n) is 4.00. The van der Waals surface area contributed by atoms with E-state index in [9.17, 15) is 22.0 Å². The Labute approximate surface area is 165 Å². The maximum absolute atomic E-state index is 12.6. The number of H-pyrrole nitrogens is 1. The van der Waals surface area contributed by atoms with E-state index in [4.69, 9.17) is 4.74 Å². The first kappa shape index (κ1) is 20.5. The highest BCUT2D eigenvalue weighted by molar-refractivity contribution is 7.92. The lowest BCUT2D eigenvalue weighted by Gasteiger charge is -2.09. The highest BCUT2D eigenvalue weighted by atomic mass is 32.2. The number of carbonyl (C=O) groups is 1. The zero-order chi connectivity index (χ0) is 21.0. The average molecular weight is 422 g/mol. The second-order valence-corrected chi connectivity index (χ2v) is 7.83. The number of hydrogen-bond acceptors (Lipinski definition) is 6. The van der Waals surface area contributed by atoms with Crippen LogP contribution in [0.5, 0.6) is 11.5 Å². The van der Waals surface area contributed by atoms with Crippen molar-refractivity contribution >= 4 is 15.6 Å². The lowest BCUT2D eigenvalue weighted by Crippen LogP contribution is -2.18. The number of ether oxygens (including phenoxy) is 2. The number of hydrogen-bond donors (Lipinski definition) is 1. The molecule has 1 heterocycles. The Hall–Kier alpha value is -3.27. The van der Waals surface area contributed by atoms with Crippen LogP contribution in [0.2, 0.25) is 0 Å². The summed E-state index contributed by atoms with van der Waals surface area (Å²) in [7, 11) is -2.64. The first-order chi connectivity index (χ1) is 13.8. The van der Waals surface area contributed by atoms with Crippen LogP contribution in [0.15, 0.2) is 59.6 Å². The number of Topliss-reactive ketones (excluding diaryl/α,β-unsaturated/α-hetero) is 1. The minimum absolute atomic E-state index is 0.249. The molecule has 152 valence electrons. The van der Waals surface area contributed by atoms with Crippen molar-refractivity contribution in [3.63, 3.8) is 0 Å². The Morgan fingerprint density at radius 3 is 2.45 bits per heavy atom. The summed E-state index contributed by atoms with van der Waals surface area (Å²) in [6.07, 6.45) is 0. The molecule has 7 nitrogen and oxygen atoms in total. The molecule has 0 amide bonds. The molecule has 0 aliphatic rings. The third-order valence-corrected chi connectivity index (χ3v) is 5.52. The van der Waals surface area contributed by atoms with Gasteiger partial charge < -0.3 is 9.47 Å². The zero-order valence-corrected chi connectivity index (χ0v) is 15.9. The Morgan fingerprint density at radius 1 is 1.10 bits per heavy atom. The molecule has 3 aromatic rings. The van der Waals surface area contributed by atoms with Crippen molar-refractivity contribution in [1.29, 1.82) is 0 Å². The van der Waals surface area contributed by atoms with E-state index in [-0.39, 0.29) is 16.3 Å². The topological polar surface area (TPSA) is 98.4 Å². The number of rotatable bonds is 8. The number of para-hydroxylation sites is 2. The Morgan fingerprint density at radius 2 is 1.76 bits per heavy atom. The number of methoxy groups -OCH3 is 1. The summed E-state index contributed by atoms with van der Waals surface area (Å²) in [6.45, 7) is -3.14. The first-order valence-electron chi connectivity index (χ1n) is 8.30. The summed E-state index contributed by atoms with van der Waals surface area (Å²) in [5.74, 6) is -1.71. The van der Waals surface area contributed by atoms with Crippen LogP contribution < -0.4 is 9.47 Å². The maximum Gasteiger partial charge on any atom is 0.387 e. The summed E-state index contributed by atoms with van der Waals surface area (Å²) < 4.78 is 59.8. The number of nitrogens with one attached hydrogen (secondary N) is 1. The van der Waals surface area contributed by atoms with E-state index in [1.54, 1.807) is 24.3 Å². The molecule has 0 spiro atoms. The van der Waals surface area contributed by atoms with Gasteiger partial charge in [0.2, 0.25) is 9.84 Å². The third kappa shape index (κ3) is 4.60. The molecule has 0 aliphatic carbocycles. The molecule has 0 unspecified atom stereocenters. The SMILES string of the molecule is COc1ccccc1-c1cc(S(=O)(=O)CC(=O)c2ccccc2OC(F)F)[nH]n1. The van der Waals surface area contributed by atoms with Crippen molar-refractivity contribution in [2.24, 2.45) is 0 Å². The molecule has 0 aliphatic heterocycles. The van der Waals surface area contributed by atoms with Crippen molar-refractivity contribution < 1.29 is 31.5 Å². The number of alkyl halides is 2. The van der Waals surface area contributed by atoms with Crippen LogP contribution in [-0.4, -0.2) is 43.9 Å². The number of nitrogens with zero attached hydrogens (tertiary/aromatic N) is 1.